The molecule has 90 valence electrons. The lowest BCUT2D eigenvalue weighted by Crippen LogP contribution is -2.37. The maximum Gasteiger partial charge on any atom is 0.126 e. The van der Waals surface area contributed by atoms with Crippen molar-refractivity contribution in [3.63, 3.8) is 0 Å². The van der Waals surface area contributed by atoms with Crippen molar-refractivity contribution in [3.05, 3.63) is 28.2 Å². The minimum atomic E-state index is -1.28. The van der Waals surface area contributed by atoms with Gasteiger partial charge in [0.1, 0.15) is 11.0 Å². The van der Waals surface area contributed by atoms with Gasteiger partial charge in [0.25, 0.3) is 0 Å². The Balaban J connectivity index is 2.98. The third-order valence-corrected chi connectivity index (χ3v) is 4.27. The largest absolute Gasteiger partial charge is 0.392 e. The molecule has 0 aromatic heterocycles. The number of aliphatic hydroxyl groups is 1. The summed E-state index contributed by atoms with van der Waals surface area (Å²) in [6.07, 6.45) is 0. The Morgan fingerprint density at radius 1 is 1.44 bits per heavy atom. The summed E-state index contributed by atoms with van der Waals surface area (Å²) in [5.74, 6) is 0. The molecule has 1 aromatic rings. The highest BCUT2D eigenvalue weighted by molar-refractivity contribution is 9.10. The van der Waals surface area contributed by atoms with Gasteiger partial charge in [-0.25, -0.2) is 8.93 Å². The molecule has 1 unspecified atom stereocenters. The zero-order chi connectivity index (χ0) is 12.3. The van der Waals surface area contributed by atoms with Crippen LogP contribution in [-0.4, -0.2) is 14.9 Å². The van der Waals surface area contributed by atoms with Crippen molar-refractivity contribution in [1.29, 1.82) is 0 Å². The van der Waals surface area contributed by atoms with E-state index in [0.29, 0.717) is 4.90 Å². The number of benzene rings is 1. The van der Waals surface area contributed by atoms with Gasteiger partial charge in [0.05, 0.1) is 11.5 Å². The Kier molecular flexibility index (Phi) is 4.67. The van der Waals surface area contributed by atoms with Crippen LogP contribution in [0.1, 0.15) is 26.3 Å². The van der Waals surface area contributed by atoms with Gasteiger partial charge in [-0.05, 0) is 54.4 Å². The van der Waals surface area contributed by atoms with Crippen LogP contribution in [0.5, 0.6) is 0 Å². The summed E-state index contributed by atoms with van der Waals surface area (Å²) in [5, 5.41) is 9.03. The lowest BCUT2D eigenvalue weighted by atomic mass is 10.1. The quantitative estimate of drug-likeness (QED) is 0.900. The van der Waals surface area contributed by atoms with Crippen molar-refractivity contribution >= 4 is 26.9 Å². The smallest absolute Gasteiger partial charge is 0.126 e. The average Bonchev–Trinajstić information content (AvgIpc) is 2.15. The number of rotatable bonds is 3. The second-order valence-corrected chi connectivity index (χ2v) is 6.58. The van der Waals surface area contributed by atoms with Crippen LogP contribution < -0.4 is 4.72 Å². The SMILES string of the molecule is CC(C)(C)NS(=O)c1cc(CO)ccc1Br. The van der Waals surface area contributed by atoms with Gasteiger partial charge in [-0.15, -0.1) is 0 Å². The molecule has 0 saturated heterocycles. The van der Waals surface area contributed by atoms with E-state index in [0.717, 1.165) is 10.0 Å². The van der Waals surface area contributed by atoms with Crippen LogP contribution in [0.15, 0.2) is 27.6 Å². The van der Waals surface area contributed by atoms with E-state index < -0.39 is 11.0 Å². The summed E-state index contributed by atoms with van der Waals surface area (Å²) >= 11 is 3.35. The van der Waals surface area contributed by atoms with Gasteiger partial charge >= 0.3 is 0 Å². The molecule has 0 aliphatic rings. The highest BCUT2D eigenvalue weighted by atomic mass is 79.9. The van der Waals surface area contributed by atoms with E-state index in [1.807, 2.05) is 20.8 Å². The van der Waals surface area contributed by atoms with Crippen LogP contribution in [0, 0.1) is 0 Å². The molecule has 0 fully saturated rings. The minimum absolute atomic E-state index is 0.0486. The van der Waals surface area contributed by atoms with Crippen LogP contribution >= 0.6 is 15.9 Å². The number of hydrogen-bond donors (Lipinski definition) is 2. The van der Waals surface area contributed by atoms with E-state index in [1.165, 1.54) is 0 Å². The molecule has 1 atom stereocenters. The van der Waals surface area contributed by atoms with Crippen LogP contribution in [-0.2, 0) is 17.6 Å². The second-order valence-electron chi connectivity index (χ2n) is 4.54. The fourth-order valence-corrected chi connectivity index (χ4v) is 2.98. The Bertz CT molecular complexity index is 401. The third kappa shape index (κ3) is 3.97. The third-order valence-electron chi connectivity index (χ3n) is 1.78. The lowest BCUT2D eigenvalue weighted by Gasteiger charge is -2.20. The first-order valence-electron chi connectivity index (χ1n) is 4.92. The molecular weight excluding hydrogens is 290 g/mol. The predicted molar refractivity (Wildman–Crippen MR) is 69.4 cm³/mol. The Morgan fingerprint density at radius 2 is 2.06 bits per heavy atom. The molecule has 0 amide bonds. The van der Waals surface area contributed by atoms with E-state index in [2.05, 4.69) is 20.7 Å². The number of nitrogens with one attached hydrogen (secondary N) is 1. The second kappa shape index (κ2) is 5.40. The Labute approximate surface area is 107 Å². The molecule has 5 heteroatoms. The molecule has 1 rings (SSSR count). The molecule has 16 heavy (non-hydrogen) atoms. The molecule has 0 aliphatic heterocycles. The number of aliphatic hydroxyl groups excluding tert-OH is 1. The first-order chi connectivity index (χ1) is 7.33. The summed E-state index contributed by atoms with van der Waals surface area (Å²) in [6.45, 7) is 5.81. The molecule has 1 aromatic carbocycles. The summed E-state index contributed by atoms with van der Waals surface area (Å²) < 4.78 is 15.8. The van der Waals surface area contributed by atoms with Crippen LogP contribution in [0.2, 0.25) is 0 Å². The molecule has 0 aliphatic carbocycles. The Hall–Kier alpha value is -0.230. The molecule has 0 heterocycles. The molecule has 2 N–H and O–H groups in total. The zero-order valence-corrected chi connectivity index (χ0v) is 12.0. The van der Waals surface area contributed by atoms with Crippen LogP contribution in [0.4, 0.5) is 0 Å². The first-order valence-corrected chi connectivity index (χ1v) is 6.86. The van der Waals surface area contributed by atoms with E-state index in [9.17, 15) is 4.21 Å². The topological polar surface area (TPSA) is 49.3 Å². The van der Waals surface area contributed by atoms with Crippen molar-refractivity contribution in [1.82, 2.24) is 4.72 Å². The van der Waals surface area contributed by atoms with E-state index >= 15 is 0 Å². The van der Waals surface area contributed by atoms with Crippen LogP contribution in [0.25, 0.3) is 0 Å². The number of halogens is 1. The highest BCUT2D eigenvalue weighted by Crippen LogP contribution is 2.22. The van der Waals surface area contributed by atoms with Gasteiger partial charge in [-0.2, -0.15) is 0 Å². The Morgan fingerprint density at radius 3 is 2.56 bits per heavy atom. The standard InChI is InChI=1S/C11H16BrNO2S/c1-11(2,3)13-16(15)10-6-8(7-14)4-5-9(10)12/h4-6,13-14H,7H2,1-3H3. The molecule has 0 radical (unpaired) electrons. The summed E-state index contributed by atoms with van der Waals surface area (Å²) in [6, 6.07) is 5.32. The fourth-order valence-electron chi connectivity index (χ4n) is 1.12. The first kappa shape index (κ1) is 13.8. The molecule has 0 saturated carbocycles. The van der Waals surface area contributed by atoms with E-state index in [-0.39, 0.29) is 12.1 Å². The van der Waals surface area contributed by atoms with Crippen LogP contribution in [0.3, 0.4) is 0 Å². The summed E-state index contributed by atoms with van der Waals surface area (Å²) in [5.41, 5.74) is 0.529. The van der Waals surface area contributed by atoms with Gasteiger partial charge in [0.2, 0.25) is 0 Å². The summed E-state index contributed by atoms with van der Waals surface area (Å²) in [4.78, 5) is 0.654. The van der Waals surface area contributed by atoms with Gasteiger partial charge in [0.15, 0.2) is 0 Å². The lowest BCUT2D eigenvalue weighted by molar-refractivity contribution is 0.281. The van der Waals surface area contributed by atoms with E-state index in [1.54, 1.807) is 18.2 Å². The van der Waals surface area contributed by atoms with Crippen molar-refractivity contribution in [2.75, 3.05) is 0 Å². The highest BCUT2D eigenvalue weighted by Gasteiger charge is 2.16. The molecule has 0 bridgehead atoms. The molecule has 0 spiro atoms. The number of hydrogen-bond acceptors (Lipinski definition) is 2. The van der Waals surface area contributed by atoms with Crippen molar-refractivity contribution in [3.8, 4) is 0 Å². The summed E-state index contributed by atoms with van der Waals surface area (Å²) in [7, 11) is -1.28. The van der Waals surface area contributed by atoms with Gasteiger partial charge < -0.3 is 5.11 Å². The van der Waals surface area contributed by atoms with Gasteiger partial charge in [0, 0.05) is 10.0 Å². The van der Waals surface area contributed by atoms with Crippen molar-refractivity contribution in [2.45, 2.75) is 37.8 Å². The van der Waals surface area contributed by atoms with E-state index in [4.69, 9.17) is 5.11 Å². The minimum Gasteiger partial charge on any atom is -0.392 e. The van der Waals surface area contributed by atoms with Gasteiger partial charge in [-0.1, -0.05) is 6.07 Å². The predicted octanol–water partition coefficient (Wildman–Crippen LogP) is 2.35. The normalized spacial score (nSPS) is 13.8. The fraction of sp³-hybridized carbons (Fsp3) is 0.455. The van der Waals surface area contributed by atoms with Gasteiger partial charge in [-0.3, -0.25) is 0 Å². The average molecular weight is 306 g/mol. The molecular formula is C11H16BrNO2S. The van der Waals surface area contributed by atoms with Crippen molar-refractivity contribution in [2.24, 2.45) is 0 Å². The maximum atomic E-state index is 12.0. The zero-order valence-electron chi connectivity index (χ0n) is 9.58. The maximum absolute atomic E-state index is 12.0. The molecule has 3 nitrogen and oxygen atoms in total. The monoisotopic (exact) mass is 305 g/mol. The van der Waals surface area contributed by atoms with Crippen molar-refractivity contribution < 1.29 is 9.32 Å².